The maximum absolute atomic E-state index is 13.5. The van der Waals surface area contributed by atoms with Gasteiger partial charge in [-0.15, -0.1) is 11.8 Å². The Morgan fingerprint density at radius 2 is 2.29 bits per heavy atom. The van der Waals surface area contributed by atoms with Crippen LogP contribution in [0, 0.1) is 5.82 Å². The average Bonchev–Trinajstić information content (AvgIpc) is 2.76. The van der Waals surface area contributed by atoms with Crippen molar-refractivity contribution in [3.63, 3.8) is 0 Å². The van der Waals surface area contributed by atoms with Gasteiger partial charge >= 0.3 is 0 Å². The zero-order valence-electron chi connectivity index (χ0n) is 9.95. The SMILES string of the molecule is CNC1(CO)CCC(Sc2ccccc2F)C1. The topological polar surface area (TPSA) is 32.3 Å². The van der Waals surface area contributed by atoms with Crippen LogP contribution in [-0.2, 0) is 0 Å². The molecular weight excluding hydrogens is 237 g/mol. The summed E-state index contributed by atoms with van der Waals surface area (Å²) in [5, 5.41) is 13.0. The molecule has 0 heterocycles. The molecule has 1 aromatic rings. The molecule has 1 aliphatic carbocycles. The van der Waals surface area contributed by atoms with E-state index in [-0.39, 0.29) is 18.0 Å². The molecule has 1 aromatic carbocycles. The minimum absolute atomic E-state index is 0.150. The molecule has 2 unspecified atom stereocenters. The Morgan fingerprint density at radius 3 is 2.88 bits per heavy atom. The Hall–Kier alpha value is -0.580. The first-order chi connectivity index (χ1) is 8.19. The first-order valence-corrected chi connectivity index (χ1v) is 6.78. The second-order valence-electron chi connectivity index (χ2n) is 4.60. The lowest BCUT2D eigenvalue weighted by atomic mass is 10.00. The first-order valence-electron chi connectivity index (χ1n) is 5.90. The highest BCUT2D eigenvalue weighted by Gasteiger charge is 2.37. The maximum atomic E-state index is 13.5. The fourth-order valence-electron chi connectivity index (χ4n) is 2.35. The van der Waals surface area contributed by atoms with Crippen molar-refractivity contribution >= 4 is 11.8 Å². The Kier molecular flexibility index (Phi) is 4.07. The molecule has 0 saturated heterocycles. The molecule has 0 aliphatic heterocycles. The maximum Gasteiger partial charge on any atom is 0.136 e. The summed E-state index contributed by atoms with van der Waals surface area (Å²) in [6.45, 7) is 0.151. The van der Waals surface area contributed by atoms with Crippen molar-refractivity contribution in [1.29, 1.82) is 0 Å². The molecule has 2 nitrogen and oxygen atoms in total. The molecule has 17 heavy (non-hydrogen) atoms. The molecule has 4 heteroatoms. The van der Waals surface area contributed by atoms with Crippen LogP contribution < -0.4 is 5.32 Å². The van der Waals surface area contributed by atoms with Gasteiger partial charge in [0.05, 0.1) is 6.61 Å². The van der Waals surface area contributed by atoms with Gasteiger partial charge in [-0.3, -0.25) is 0 Å². The lowest BCUT2D eigenvalue weighted by molar-refractivity contribution is 0.173. The standard InChI is InChI=1S/C13H18FNOS/c1-15-13(9-16)7-6-10(8-13)17-12-5-3-2-4-11(12)14/h2-5,10,15-16H,6-9H2,1H3. The van der Waals surface area contributed by atoms with Crippen LogP contribution in [0.15, 0.2) is 29.2 Å². The van der Waals surface area contributed by atoms with Gasteiger partial charge in [-0.2, -0.15) is 0 Å². The molecule has 1 saturated carbocycles. The first kappa shape index (κ1) is 12.9. The van der Waals surface area contributed by atoms with E-state index in [1.807, 2.05) is 19.2 Å². The van der Waals surface area contributed by atoms with Crippen molar-refractivity contribution in [2.24, 2.45) is 0 Å². The van der Waals surface area contributed by atoms with Crippen molar-refractivity contribution in [1.82, 2.24) is 5.32 Å². The molecular formula is C13H18FNOS. The summed E-state index contributed by atoms with van der Waals surface area (Å²) < 4.78 is 13.5. The number of nitrogens with one attached hydrogen (secondary N) is 1. The molecule has 2 atom stereocenters. The van der Waals surface area contributed by atoms with E-state index in [2.05, 4.69) is 5.32 Å². The zero-order chi connectivity index (χ0) is 12.3. The molecule has 0 bridgehead atoms. The molecule has 0 spiro atoms. The molecule has 94 valence electrons. The second kappa shape index (κ2) is 5.38. The van der Waals surface area contributed by atoms with E-state index in [0.29, 0.717) is 10.1 Å². The quantitative estimate of drug-likeness (QED) is 0.866. The number of aliphatic hydroxyl groups is 1. The summed E-state index contributed by atoms with van der Waals surface area (Å²) in [4.78, 5) is 0.711. The van der Waals surface area contributed by atoms with Crippen molar-refractivity contribution < 1.29 is 9.50 Å². The highest BCUT2D eigenvalue weighted by Crippen LogP contribution is 2.40. The summed E-state index contributed by atoms with van der Waals surface area (Å²) in [6.07, 6.45) is 2.85. The van der Waals surface area contributed by atoms with Crippen molar-refractivity contribution in [3.05, 3.63) is 30.1 Å². The van der Waals surface area contributed by atoms with Gasteiger partial charge in [-0.25, -0.2) is 4.39 Å². The smallest absolute Gasteiger partial charge is 0.136 e. The third-order valence-electron chi connectivity index (χ3n) is 3.53. The van der Waals surface area contributed by atoms with E-state index in [4.69, 9.17) is 0 Å². The molecule has 0 aromatic heterocycles. The van der Waals surface area contributed by atoms with E-state index >= 15 is 0 Å². The number of rotatable bonds is 4. The van der Waals surface area contributed by atoms with Gasteiger partial charge in [0, 0.05) is 15.7 Å². The van der Waals surface area contributed by atoms with Gasteiger partial charge in [0.25, 0.3) is 0 Å². The molecule has 1 fully saturated rings. The summed E-state index contributed by atoms with van der Waals surface area (Å²) in [5.74, 6) is -0.150. The largest absolute Gasteiger partial charge is 0.394 e. The van der Waals surface area contributed by atoms with E-state index in [0.717, 1.165) is 19.3 Å². The number of aliphatic hydroxyl groups excluding tert-OH is 1. The molecule has 1 aliphatic rings. The van der Waals surface area contributed by atoms with E-state index in [9.17, 15) is 9.50 Å². The van der Waals surface area contributed by atoms with Crippen LogP contribution in [0.25, 0.3) is 0 Å². The second-order valence-corrected chi connectivity index (χ2v) is 5.94. The van der Waals surface area contributed by atoms with Gasteiger partial charge < -0.3 is 10.4 Å². The monoisotopic (exact) mass is 255 g/mol. The summed E-state index contributed by atoms with van der Waals surface area (Å²) in [6, 6.07) is 6.88. The fourth-order valence-corrected chi connectivity index (χ4v) is 3.68. The lowest BCUT2D eigenvalue weighted by Gasteiger charge is -2.26. The van der Waals surface area contributed by atoms with Crippen LogP contribution >= 0.6 is 11.8 Å². The normalized spacial score (nSPS) is 28.5. The number of thioether (sulfide) groups is 1. The third kappa shape index (κ3) is 2.81. The van der Waals surface area contributed by atoms with Crippen molar-refractivity contribution in [2.75, 3.05) is 13.7 Å². The molecule has 2 rings (SSSR count). The zero-order valence-corrected chi connectivity index (χ0v) is 10.8. The lowest BCUT2D eigenvalue weighted by Crippen LogP contribution is -2.44. The summed E-state index contributed by atoms with van der Waals surface area (Å²) >= 11 is 1.58. The minimum Gasteiger partial charge on any atom is -0.394 e. The number of hydrogen-bond acceptors (Lipinski definition) is 3. The third-order valence-corrected chi connectivity index (χ3v) is 4.85. The van der Waals surface area contributed by atoms with Gasteiger partial charge in [0.15, 0.2) is 0 Å². The Morgan fingerprint density at radius 1 is 1.53 bits per heavy atom. The number of likely N-dealkylation sites (N-methyl/N-ethyl adjacent to an activating group) is 1. The van der Waals surface area contributed by atoms with Crippen LogP contribution in [0.5, 0.6) is 0 Å². The van der Waals surface area contributed by atoms with Crippen LogP contribution in [0.4, 0.5) is 4.39 Å². The van der Waals surface area contributed by atoms with Crippen LogP contribution in [0.1, 0.15) is 19.3 Å². The summed E-state index contributed by atoms with van der Waals surface area (Å²) in [7, 11) is 1.88. The van der Waals surface area contributed by atoms with Crippen molar-refractivity contribution in [2.45, 2.75) is 34.9 Å². The Bertz CT molecular complexity index is 381. The van der Waals surface area contributed by atoms with Crippen LogP contribution in [0.3, 0.4) is 0 Å². The van der Waals surface area contributed by atoms with Crippen LogP contribution in [0.2, 0.25) is 0 Å². The van der Waals surface area contributed by atoms with Crippen molar-refractivity contribution in [3.8, 4) is 0 Å². The van der Waals surface area contributed by atoms with E-state index < -0.39 is 0 Å². The summed E-state index contributed by atoms with van der Waals surface area (Å²) in [5.41, 5.74) is -0.164. The Balaban J connectivity index is 2.01. The number of halogens is 1. The van der Waals surface area contributed by atoms with E-state index in [1.165, 1.54) is 6.07 Å². The Labute approximate surface area is 106 Å². The fraction of sp³-hybridized carbons (Fsp3) is 0.538. The van der Waals surface area contributed by atoms with Gasteiger partial charge in [-0.05, 0) is 38.4 Å². The van der Waals surface area contributed by atoms with Crippen LogP contribution in [-0.4, -0.2) is 29.5 Å². The molecule has 0 amide bonds. The van der Waals surface area contributed by atoms with Gasteiger partial charge in [0.2, 0.25) is 0 Å². The van der Waals surface area contributed by atoms with E-state index in [1.54, 1.807) is 17.8 Å². The minimum atomic E-state index is -0.164. The van der Waals surface area contributed by atoms with Gasteiger partial charge in [-0.1, -0.05) is 12.1 Å². The predicted octanol–water partition coefficient (Wildman–Crippen LogP) is 2.42. The van der Waals surface area contributed by atoms with Gasteiger partial charge in [0.1, 0.15) is 5.82 Å². The number of hydrogen-bond donors (Lipinski definition) is 2. The number of benzene rings is 1. The average molecular weight is 255 g/mol. The highest BCUT2D eigenvalue weighted by atomic mass is 32.2. The molecule has 2 N–H and O–H groups in total. The predicted molar refractivity (Wildman–Crippen MR) is 68.8 cm³/mol. The molecule has 0 radical (unpaired) electrons. The highest BCUT2D eigenvalue weighted by molar-refractivity contribution is 8.00.